The molecular formula is C38H47N3O4. The van der Waals surface area contributed by atoms with Gasteiger partial charge in [0.1, 0.15) is 0 Å². The molecule has 1 aliphatic heterocycles. The van der Waals surface area contributed by atoms with E-state index in [0.717, 1.165) is 72.4 Å². The van der Waals surface area contributed by atoms with Gasteiger partial charge in [0.25, 0.3) is 0 Å². The van der Waals surface area contributed by atoms with Crippen LogP contribution in [0, 0.1) is 17.8 Å². The number of benzene rings is 3. The minimum atomic E-state index is -0.540. The van der Waals surface area contributed by atoms with Crippen molar-refractivity contribution in [1.82, 2.24) is 10.2 Å². The van der Waals surface area contributed by atoms with Crippen LogP contribution in [0.15, 0.2) is 78.9 Å². The Kier molecular flexibility index (Phi) is 8.71. The first-order valence-electron chi connectivity index (χ1n) is 16.8. The van der Waals surface area contributed by atoms with Gasteiger partial charge in [-0.25, -0.2) is 4.79 Å². The molecule has 7 nitrogen and oxygen atoms in total. The highest BCUT2D eigenvalue weighted by Gasteiger charge is 2.51. The number of urea groups is 1. The zero-order chi connectivity index (χ0) is 31.0. The van der Waals surface area contributed by atoms with Gasteiger partial charge in [-0.1, -0.05) is 66.7 Å². The van der Waals surface area contributed by atoms with E-state index in [2.05, 4.69) is 53.8 Å². The van der Waals surface area contributed by atoms with E-state index in [1.165, 1.54) is 24.8 Å². The molecule has 3 aromatic rings. The third-order valence-electron chi connectivity index (χ3n) is 10.9. The first-order chi connectivity index (χ1) is 21.8. The number of hydrogen-bond acceptors (Lipinski definition) is 5. The number of amides is 2. The van der Waals surface area contributed by atoms with E-state index in [4.69, 9.17) is 9.47 Å². The smallest absolute Gasteiger partial charge is 0.319 e. The number of aliphatic hydroxyl groups is 1. The molecule has 2 amide bonds. The minimum Gasteiger partial charge on any atom is -0.392 e. The Balaban J connectivity index is 1.03. The van der Waals surface area contributed by atoms with Crippen molar-refractivity contribution in [2.24, 2.45) is 17.8 Å². The SMILES string of the molecule is C[C@@H](c1ccccc1)N(C)C[C@H]1C[C@@H](c2ccc(CO)cc2)O[C@@H](c2ccc(NC(=O)NC34CC5CC(CC(C5)C3)C4)cc2)O1. The minimum absolute atomic E-state index is 0.0171. The van der Waals surface area contributed by atoms with E-state index in [9.17, 15) is 9.90 Å². The maximum absolute atomic E-state index is 13.1. The molecule has 45 heavy (non-hydrogen) atoms. The molecule has 3 aromatic carbocycles. The molecule has 4 bridgehead atoms. The average Bonchev–Trinajstić information content (AvgIpc) is 3.04. The normalized spacial score (nSPS) is 31.1. The van der Waals surface area contributed by atoms with Gasteiger partial charge in [-0.2, -0.15) is 0 Å². The van der Waals surface area contributed by atoms with Crippen LogP contribution in [0.2, 0.25) is 0 Å². The van der Waals surface area contributed by atoms with E-state index in [1.54, 1.807) is 0 Å². The van der Waals surface area contributed by atoms with Crippen LogP contribution in [0.1, 0.15) is 92.6 Å². The fourth-order valence-electron chi connectivity index (χ4n) is 8.89. The molecule has 4 saturated carbocycles. The van der Waals surface area contributed by atoms with Gasteiger partial charge in [-0.05, 0) is 99.1 Å². The first kappa shape index (κ1) is 30.4. The largest absolute Gasteiger partial charge is 0.392 e. The van der Waals surface area contributed by atoms with Gasteiger partial charge in [0, 0.05) is 35.8 Å². The Bertz CT molecular complexity index is 1410. The van der Waals surface area contributed by atoms with Crippen molar-refractivity contribution in [3.8, 4) is 0 Å². The molecule has 0 aromatic heterocycles. The molecule has 0 unspecified atom stereocenters. The molecule has 238 valence electrons. The number of nitrogens with one attached hydrogen (secondary N) is 2. The molecule has 0 radical (unpaired) electrons. The number of nitrogens with zero attached hydrogens (tertiary/aromatic N) is 1. The second-order valence-electron chi connectivity index (χ2n) is 14.3. The molecular weight excluding hydrogens is 562 g/mol. The summed E-state index contributed by atoms with van der Waals surface area (Å²) in [6.07, 6.45) is 7.45. The number of carbonyl (C=O) groups is 1. The van der Waals surface area contributed by atoms with Crippen LogP contribution in [0.4, 0.5) is 10.5 Å². The summed E-state index contributed by atoms with van der Waals surface area (Å²) in [5.74, 6) is 2.36. The van der Waals surface area contributed by atoms with E-state index in [1.807, 2.05) is 54.6 Å². The van der Waals surface area contributed by atoms with Gasteiger partial charge in [0.05, 0.1) is 18.8 Å². The predicted molar refractivity (Wildman–Crippen MR) is 175 cm³/mol. The summed E-state index contributed by atoms with van der Waals surface area (Å²) in [5, 5.41) is 16.0. The maximum Gasteiger partial charge on any atom is 0.319 e. The molecule has 7 heteroatoms. The molecule has 5 aliphatic rings. The fourth-order valence-corrected chi connectivity index (χ4v) is 8.89. The third kappa shape index (κ3) is 6.82. The van der Waals surface area contributed by atoms with E-state index in [0.29, 0.717) is 0 Å². The zero-order valence-electron chi connectivity index (χ0n) is 26.5. The Hall–Kier alpha value is -3.23. The molecule has 0 spiro atoms. The number of carbonyl (C=O) groups excluding carboxylic acids is 1. The maximum atomic E-state index is 13.1. The lowest BCUT2D eigenvalue weighted by Crippen LogP contribution is -2.60. The lowest BCUT2D eigenvalue weighted by atomic mass is 9.53. The summed E-state index contributed by atoms with van der Waals surface area (Å²) >= 11 is 0. The quantitative estimate of drug-likeness (QED) is 0.234. The molecule has 5 fully saturated rings. The summed E-state index contributed by atoms with van der Waals surface area (Å²) in [5.41, 5.74) is 4.89. The Morgan fingerprint density at radius 1 is 0.867 bits per heavy atom. The van der Waals surface area contributed by atoms with Crippen LogP contribution >= 0.6 is 0 Å². The van der Waals surface area contributed by atoms with E-state index in [-0.39, 0.29) is 36.4 Å². The number of hydrogen-bond donors (Lipinski definition) is 3. The second kappa shape index (κ2) is 12.9. The zero-order valence-corrected chi connectivity index (χ0v) is 26.5. The highest BCUT2D eigenvalue weighted by atomic mass is 16.7. The van der Waals surface area contributed by atoms with Gasteiger partial charge >= 0.3 is 6.03 Å². The van der Waals surface area contributed by atoms with Crippen molar-refractivity contribution in [3.05, 3.63) is 101 Å². The highest BCUT2D eigenvalue weighted by molar-refractivity contribution is 5.89. The van der Waals surface area contributed by atoms with Gasteiger partial charge in [-0.15, -0.1) is 0 Å². The van der Waals surface area contributed by atoms with Crippen LogP contribution in [-0.4, -0.2) is 41.3 Å². The van der Waals surface area contributed by atoms with Crippen molar-refractivity contribution in [1.29, 1.82) is 0 Å². The molecule has 1 saturated heterocycles. The number of likely N-dealkylation sites (N-methyl/N-ethyl adjacent to an activating group) is 1. The average molecular weight is 610 g/mol. The molecule has 8 rings (SSSR count). The van der Waals surface area contributed by atoms with Crippen molar-refractivity contribution < 1.29 is 19.4 Å². The summed E-state index contributed by atoms with van der Waals surface area (Å²) in [4.78, 5) is 15.5. The van der Waals surface area contributed by atoms with Crippen molar-refractivity contribution in [2.75, 3.05) is 18.9 Å². The number of ether oxygens (including phenoxy) is 2. The lowest BCUT2D eigenvalue weighted by molar-refractivity contribution is -0.253. The third-order valence-corrected chi connectivity index (χ3v) is 10.9. The molecule has 3 N–H and O–H groups in total. The highest BCUT2D eigenvalue weighted by Crippen LogP contribution is 2.55. The van der Waals surface area contributed by atoms with Crippen molar-refractivity contribution >= 4 is 11.7 Å². The molecule has 4 atom stereocenters. The summed E-state index contributed by atoms with van der Waals surface area (Å²) in [6, 6.07) is 26.6. The first-order valence-corrected chi connectivity index (χ1v) is 16.8. The molecule has 4 aliphatic carbocycles. The van der Waals surface area contributed by atoms with E-state index < -0.39 is 6.29 Å². The predicted octanol–water partition coefficient (Wildman–Crippen LogP) is 7.51. The number of aliphatic hydroxyl groups excluding tert-OH is 1. The Morgan fingerprint density at radius 2 is 1.49 bits per heavy atom. The summed E-state index contributed by atoms with van der Waals surface area (Å²) in [7, 11) is 2.14. The summed E-state index contributed by atoms with van der Waals surface area (Å²) < 4.78 is 13.2. The van der Waals surface area contributed by atoms with Gasteiger partial charge in [-0.3, -0.25) is 4.90 Å². The summed E-state index contributed by atoms with van der Waals surface area (Å²) in [6.45, 7) is 3.00. The van der Waals surface area contributed by atoms with Gasteiger partial charge < -0.3 is 25.2 Å². The van der Waals surface area contributed by atoms with E-state index >= 15 is 0 Å². The Labute approximate surface area is 267 Å². The fraction of sp³-hybridized carbons (Fsp3) is 0.500. The number of rotatable bonds is 9. The Morgan fingerprint density at radius 3 is 2.11 bits per heavy atom. The topological polar surface area (TPSA) is 83.1 Å². The number of anilines is 1. The van der Waals surface area contributed by atoms with Crippen molar-refractivity contribution in [2.45, 2.75) is 88.6 Å². The van der Waals surface area contributed by atoms with Crippen LogP contribution < -0.4 is 10.6 Å². The van der Waals surface area contributed by atoms with Gasteiger partial charge in [0.2, 0.25) is 0 Å². The van der Waals surface area contributed by atoms with Crippen LogP contribution in [0.3, 0.4) is 0 Å². The van der Waals surface area contributed by atoms with Gasteiger partial charge in [0.15, 0.2) is 6.29 Å². The van der Waals surface area contributed by atoms with Crippen LogP contribution in [0.25, 0.3) is 0 Å². The second-order valence-corrected chi connectivity index (χ2v) is 14.3. The molecule has 1 heterocycles. The van der Waals surface area contributed by atoms with Crippen LogP contribution in [-0.2, 0) is 16.1 Å². The lowest BCUT2D eigenvalue weighted by Gasteiger charge is -2.56. The monoisotopic (exact) mass is 609 g/mol. The van der Waals surface area contributed by atoms with Crippen LogP contribution in [0.5, 0.6) is 0 Å². The standard InChI is InChI=1S/C38H47N3O4/c1-25(30-6-4-3-5-7-30)41(2)23-34-19-35(31-10-8-26(24-42)9-11-31)45-36(44-34)32-12-14-33(15-13-32)39-37(43)40-38-20-27-16-28(21-38)18-29(17-27)22-38/h3-15,25,27-29,34-36,42H,16-24H2,1-2H3,(H2,39,40,43)/t25-,27?,28?,29?,34+,35-,36-,38?/m0/s1. The van der Waals surface area contributed by atoms with Crippen molar-refractivity contribution in [3.63, 3.8) is 0 Å².